The van der Waals surface area contributed by atoms with Crippen LogP contribution >= 0.6 is 11.3 Å². The number of nitrogens with zero attached hydrogens (tertiary/aromatic N) is 2. The van der Waals surface area contributed by atoms with Gasteiger partial charge >= 0.3 is 0 Å². The zero-order chi connectivity index (χ0) is 15.2. The molecular formula is C15H20N2O3S. The van der Waals surface area contributed by atoms with Gasteiger partial charge in [0, 0.05) is 25.6 Å². The summed E-state index contributed by atoms with van der Waals surface area (Å²) in [5, 5.41) is 2.50. The number of furan rings is 1. The average Bonchev–Trinajstić information content (AvgIpc) is 3.11. The van der Waals surface area contributed by atoms with Crippen molar-refractivity contribution in [3.8, 4) is 10.8 Å². The molecule has 0 aromatic carbocycles. The molecule has 0 aliphatic rings. The van der Waals surface area contributed by atoms with Gasteiger partial charge in [-0.2, -0.15) is 0 Å². The van der Waals surface area contributed by atoms with Gasteiger partial charge in [-0.25, -0.2) is 4.98 Å². The standard InChI is InChI=1S/C15H20N2O3S/c1-11(2)9-17(6-8-19-3)15(18)12-10-21-14(16-12)13-5-4-7-20-13/h4-5,7,10-11H,6,8-9H2,1-3H3. The maximum Gasteiger partial charge on any atom is 0.273 e. The Morgan fingerprint density at radius 3 is 2.95 bits per heavy atom. The number of carbonyl (C=O) groups is 1. The summed E-state index contributed by atoms with van der Waals surface area (Å²) in [6.45, 7) is 5.95. The molecule has 5 nitrogen and oxygen atoms in total. The Morgan fingerprint density at radius 1 is 1.52 bits per heavy atom. The molecule has 0 N–H and O–H groups in total. The number of aromatic nitrogens is 1. The molecule has 0 saturated heterocycles. The van der Waals surface area contributed by atoms with Gasteiger partial charge in [-0.3, -0.25) is 4.79 Å². The highest BCUT2D eigenvalue weighted by Crippen LogP contribution is 2.24. The highest BCUT2D eigenvalue weighted by molar-refractivity contribution is 7.13. The predicted octanol–water partition coefficient (Wildman–Crippen LogP) is 3.15. The minimum Gasteiger partial charge on any atom is -0.462 e. The largest absolute Gasteiger partial charge is 0.462 e. The lowest BCUT2D eigenvalue weighted by Crippen LogP contribution is -2.36. The van der Waals surface area contributed by atoms with E-state index in [1.54, 1.807) is 23.7 Å². The summed E-state index contributed by atoms with van der Waals surface area (Å²) in [6.07, 6.45) is 1.60. The second kappa shape index (κ2) is 7.38. The van der Waals surface area contributed by atoms with Crippen LogP contribution in [0.2, 0.25) is 0 Å². The predicted molar refractivity (Wildman–Crippen MR) is 82.4 cm³/mol. The SMILES string of the molecule is COCCN(CC(C)C)C(=O)c1csc(-c2ccco2)n1. The second-order valence-corrected chi connectivity index (χ2v) is 6.01. The van der Waals surface area contributed by atoms with Crippen LogP contribution < -0.4 is 0 Å². The van der Waals surface area contributed by atoms with E-state index < -0.39 is 0 Å². The van der Waals surface area contributed by atoms with Crippen molar-refractivity contribution in [2.45, 2.75) is 13.8 Å². The van der Waals surface area contributed by atoms with Crippen molar-refractivity contribution in [1.82, 2.24) is 9.88 Å². The molecule has 1 amide bonds. The summed E-state index contributed by atoms with van der Waals surface area (Å²) in [6, 6.07) is 3.64. The summed E-state index contributed by atoms with van der Waals surface area (Å²) in [5.41, 5.74) is 0.461. The third-order valence-electron chi connectivity index (χ3n) is 2.89. The smallest absolute Gasteiger partial charge is 0.273 e. The molecule has 6 heteroatoms. The van der Waals surface area contributed by atoms with Crippen molar-refractivity contribution >= 4 is 17.2 Å². The van der Waals surface area contributed by atoms with Crippen molar-refractivity contribution in [3.63, 3.8) is 0 Å². The Balaban J connectivity index is 2.12. The van der Waals surface area contributed by atoms with Crippen LogP contribution in [0.15, 0.2) is 28.2 Å². The van der Waals surface area contributed by atoms with Crippen molar-refractivity contribution in [3.05, 3.63) is 29.5 Å². The van der Waals surface area contributed by atoms with E-state index in [0.29, 0.717) is 37.1 Å². The highest BCUT2D eigenvalue weighted by Gasteiger charge is 2.20. The molecule has 0 aliphatic heterocycles. The summed E-state index contributed by atoms with van der Waals surface area (Å²) in [5.74, 6) is 1.02. The van der Waals surface area contributed by atoms with Crippen LogP contribution in [0.4, 0.5) is 0 Å². The van der Waals surface area contributed by atoms with Gasteiger partial charge in [0.25, 0.3) is 5.91 Å². The van der Waals surface area contributed by atoms with Gasteiger partial charge in [0.2, 0.25) is 0 Å². The van der Waals surface area contributed by atoms with E-state index in [1.807, 2.05) is 12.1 Å². The van der Waals surface area contributed by atoms with Gasteiger partial charge in [0.05, 0.1) is 12.9 Å². The molecule has 0 spiro atoms. The molecule has 0 radical (unpaired) electrons. The number of amides is 1. The number of carbonyl (C=O) groups excluding carboxylic acids is 1. The zero-order valence-electron chi connectivity index (χ0n) is 12.5. The van der Waals surface area contributed by atoms with Crippen LogP contribution in [0.3, 0.4) is 0 Å². The molecule has 2 aromatic rings. The Hall–Kier alpha value is -1.66. The molecular weight excluding hydrogens is 288 g/mol. The van der Waals surface area contributed by atoms with Crippen LogP contribution in [-0.4, -0.2) is 42.6 Å². The molecule has 114 valence electrons. The molecule has 0 fully saturated rings. The Kier molecular flexibility index (Phi) is 5.52. The zero-order valence-corrected chi connectivity index (χ0v) is 13.4. The maximum absolute atomic E-state index is 12.6. The Morgan fingerprint density at radius 2 is 2.33 bits per heavy atom. The quantitative estimate of drug-likeness (QED) is 0.788. The second-order valence-electron chi connectivity index (χ2n) is 5.15. The molecule has 2 aromatic heterocycles. The van der Waals surface area contributed by atoms with Crippen molar-refractivity contribution in [1.29, 1.82) is 0 Å². The minimum atomic E-state index is -0.0604. The van der Waals surface area contributed by atoms with Crippen LogP contribution in [-0.2, 0) is 4.74 Å². The van der Waals surface area contributed by atoms with Crippen molar-refractivity contribution in [2.75, 3.05) is 26.8 Å². The third kappa shape index (κ3) is 4.15. The lowest BCUT2D eigenvalue weighted by Gasteiger charge is -2.23. The number of hydrogen-bond acceptors (Lipinski definition) is 5. The first-order valence-electron chi connectivity index (χ1n) is 6.89. The lowest BCUT2D eigenvalue weighted by atomic mass is 10.2. The fourth-order valence-electron chi connectivity index (χ4n) is 1.97. The monoisotopic (exact) mass is 308 g/mol. The van der Waals surface area contributed by atoms with Crippen LogP contribution in [0.25, 0.3) is 10.8 Å². The normalized spacial score (nSPS) is 11.0. The molecule has 21 heavy (non-hydrogen) atoms. The number of hydrogen-bond donors (Lipinski definition) is 0. The number of ether oxygens (including phenoxy) is 1. The van der Waals surface area contributed by atoms with Crippen molar-refractivity contribution < 1.29 is 13.9 Å². The lowest BCUT2D eigenvalue weighted by molar-refractivity contribution is 0.0667. The molecule has 0 atom stereocenters. The molecule has 2 rings (SSSR count). The minimum absolute atomic E-state index is 0.0604. The number of thiazole rings is 1. The van der Waals surface area contributed by atoms with E-state index in [0.717, 1.165) is 5.01 Å². The van der Waals surface area contributed by atoms with Crippen molar-refractivity contribution in [2.24, 2.45) is 5.92 Å². The molecule has 0 saturated carbocycles. The first-order chi connectivity index (χ1) is 10.1. The molecule has 0 unspecified atom stereocenters. The van der Waals surface area contributed by atoms with Gasteiger partial charge in [-0.1, -0.05) is 13.8 Å². The fraction of sp³-hybridized carbons (Fsp3) is 0.467. The van der Waals surface area contributed by atoms with E-state index in [4.69, 9.17) is 9.15 Å². The summed E-state index contributed by atoms with van der Waals surface area (Å²) in [7, 11) is 1.63. The first kappa shape index (κ1) is 15.7. The maximum atomic E-state index is 12.6. The number of methoxy groups -OCH3 is 1. The average molecular weight is 308 g/mol. The summed E-state index contributed by atoms with van der Waals surface area (Å²) in [4.78, 5) is 18.7. The highest BCUT2D eigenvalue weighted by atomic mass is 32.1. The van der Waals surface area contributed by atoms with Gasteiger partial charge in [0.15, 0.2) is 10.8 Å². The topological polar surface area (TPSA) is 55.6 Å². The van der Waals surface area contributed by atoms with Gasteiger partial charge in [0.1, 0.15) is 5.69 Å². The van der Waals surface area contributed by atoms with Gasteiger partial charge in [-0.05, 0) is 18.1 Å². The van der Waals surface area contributed by atoms with E-state index in [-0.39, 0.29) is 5.91 Å². The fourth-order valence-corrected chi connectivity index (χ4v) is 2.73. The van der Waals surface area contributed by atoms with E-state index >= 15 is 0 Å². The van der Waals surface area contributed by atoms with E-state index in [9.17, 15) is 4.79 Å². The van der Waals surface area contributed by atoms with Gasteiger partial charge in [-0.15, -0.1) is 11.3 Å². The van der Waals surface area contributed by atoms with E-state index in [1.165, 1.54) is 11.3 Å². The Labute approximate surface area is 128 Å². The molecule has 0 aliphatic carbocycles. The summed E-state index contributed by atoms with van der Waals surface area (Å²) >= 11 is 1.41. The number of rotatable bonds is 7. The van der Waals surface area contributed by atoms with Gasteiger partial charge < -0.3 is 14.1 Å². The first-order valence-corrected chi connectivity index (χ1v) is 7.77. The summed E-state index contributed by atoms with van der Waals surface area (Å²) < 4.78 is 10.4. The third-order valence-corrected chi connectivity index (χ3v) is 3.75. The molecule has 2 heterocycles. The molecule has 0 bridgehead atoms. The van der Waals surface area contributed by atoms with Crippen LogP contribution in [0.5, 0.6) is 0 Å². The van der Waals surface area contributed by atoms with Crippen LogP contribution in [0, 0.1) is 5.92 Å². The Bertz CT molecular complexity index is 563. The van der Waals surface area contributed by atoms with Crippen LogP contribution in [0.1, 0.15) is 24.3 Å². The van der Waals surface area contributed by atoms with E-state index in [2.05, 4.69) is 18.8 Å².